The third-order valence-electron chi connectivity index (χ3n) is 4.43. The van der Waals surface area contributed by atoms with E-state index in [9.17, 15) is 14.0 Å². The third kappa shape index (κ3) is 5.42. The normalized spacial score (nSPS) is 17.2. The second-order valence-electron chi connectivity index (χ2n) is 6.23. The smallest absolute Gasteiger partial charge is 0.227 e. The van der Waals surface area contributed by atoms with E-state index < -0.39 is 5.82 Å². The Morgan fingerprint density at radius 2 is 2.20 bits per heavy atom. The minimum Gasteiger partial charge on any atom is -0.494 e. The standard InChI is InChI=1S/C18H26FN3O3/c1-25-16-6-5-13(10-15(16)19)11-18(24)22-9-3-2-4-14(22)12-21-17(23)7-8-20/h5-6,10,14H,2-4,7-9,11-12,20H2,1H3,(H,21,23). The van der Waals surface area contributed by atoms with Gasteiger partial charge in [-0.2, -0.15) is 0 Å². The average Bonchev–Trinajstić information content (AvgIpc) is 2.60. The Bertz CT molecular complexity index is 609. The molecule has 1 unspecified atom stereocenters. The van der Waals surface area contributed by atoms with Crippen molar-refractivity contribution in [2.24, 2.45) is 5.73 Å². The molecule has 2 amide bonds. The van der Waals surface area contributed by atoms with Gasteiger partial charge in [0.15, 0.2) is 11.6 Å². The van der Waals surface area contributed by atoms with Gasteiger partial charge in [0.05, 0.1) is 13.5 Å². The van der Waals surface area contributed by atoms with Crippen LogP contribution in [0, 0.1) is 5.82 Å². The van der Waals surface area contributed by atoms with Crippen molar-refractivity contribution in [2.75, 3.05) is 26.7 Å². The van der Waals surface area contributed by atoms with Gasteiger partial charge in [-0.3, -0.25) is 9.59 Å². The molecule has 0 spiro atoms. The fraction of sp³-hybridized carbons (Fsp3) is 0.556. The zero-order valence-electron chi connectivity index (χ0n) is 14.6. The third-order valence-corrected chi connectivity index (χ3v) is 4.43. The molecule has 0 aliphatic carbocycles. The number of halogens is 1. The van der Waals surface area contributed by atoms with Crippen molar-refractivity contribution in [2.45, 2.75) is 38.1 Å². The zero-order valence-corrected chi connectivity index (χ0v) is 14.6. The summed E-state index contributed by atoms with van der Waals surface area (Å²) in [5.74, 6) is -0.466. The van der Waals surface area contributed by atoms with Crippen LogP contribution >= 0.6 is 0 Å². The largest absolute Gasteiger partial charge is 0.494 e. The number of nitrogens with one attached hydrogen (secondary N) is 1. The van der Waals surface area contributed by atoms with E-state index in [1.165, 1.54) is 19.2 Å². The molecule has 1 atom stereocenters. The number of nitrogens with zero attached hydrogens (tertiary/aromatic N) is 1. The first kappa shape index (κ1) is 19.2. The first-order chi connectivity index (χ1) is 12.0. The van der Waals surface area contributed by atoms with Gasteiger partial charge in [-0.1, -0.05) is 6.07 Å². The van der Waals surface area contributed by atoms with Gasteiger partial charge in [-0.15, -0.1) is 0 Å². The van der Waals surface area contributed by atoms with Crippen molar-refractivity contribution < 1.29 is 18.7 Å². The lowest BCUT2D eigenvalue weighted by Gasteiger charge is -2.36. The summed E-state index contributed by atoms with van der Waals surface area (Å²) < 4.78 is 18.7. The van der Waals surface area contributed by atoms with Gasteiger partial charge in [0.2, 0.25) is 11.8 Å². The van der Waals surface area contributed by atoms with Crippen molar-refractivity contribution in [1.29, 1.82) is 0 Å². The van der Waals surface area contributed by atoms with Crippen LogP contribution in [0.4, 0.5) is 4.39 Å². The summed E-state index contributed by atoms with van der Waals surface area (Å²) in [5, 5.41) is 2.84. The molecule has 138 valence electrons. The Hall–Kier alpha value is -2.15. The van der Waals surface area contributed by atoms with Crippen molar-refractivity contribution in [3.8, 4) is 5.75 Å². The number of hydrogen-bond donors (Lipinski definition) is 2. The molecule has 0 saturated carbocycles. The number of piperidine rings is 1. The van der Waals surface area contributed by atoms with Gasteiger partial charge in [-0.05, 0) is 37.0 Å². The fourth-order valence-corrected chi connectivity index (χ4v) is 3.09. The fourth-order valence-electron chi connectivity index (χ4n) is 3.09. The highest BCUT2D eigenvalue weighted by atomic mass is 19.1. The van der Waals surface area contributed by atoms with Crippen LogP contribution in [-0.4, -0.2) is 49.5 Å². The van der Waals surface area contributed by atoms with E-state index >= 15 is 0 Å². The van der Waals surface area contributed by atoms with Gasteiger partial charge >= 0.3 is 0 Å². The highest BCUT2D eigenvalue weighted by molar-refractivity contribution is 5.79. The minimum absolute atomic E-state index is 0.0222. The highest BCUT2D eigenvalue weighted by Gasteiger charge is 2.27. The number of rotatable bonds is 7. The molecule has 3 N–H and O–H groups in total. The van der Waals surface area contributed by atoms with Gasteiger partial charge in [0, 0.05) is 32.1 Å². The molecule has 1 aliphatic rings. The predicted molar refractivity (Wildman–Crippen MR) is 92.7 cm³/mol. The summed E-state index contributed by atoms with van der Waals surface area (Å²) in [5.41, 5.74) is 5.98. The molecule has 1 aromatic carbocycles. The maximum atomic E-state index is 13.8. The Kier molecular flexibility index (Phi) is 7.18. The summed E-state index contributed by atoms with van der Waals surface area (Å²) in [6.07, 6.45) is 3.24. The number of methoxy groups -OCH3 is 1. The maximum Gasteiger partial charge on any atom is 0.227 e. The monoisotopic (exact) mass is 351 g/mol. The number of ether oxygens (including phenoxy) is 1. The number of hydrogen-bond acceptors (Lipinski definition) is 4. The summed E-state index contributed by atoms with van der Waals surface area (Å²) >= 11 is 0. The van der Waals surface area contributed by atoms with Crippen LogP contribution in [0.15, 0.2) is 18.2 Å². The molecule has 0 radical (unpaired) electrons. The molecule has 2 rings (SSSR count). The lowest BCUT2D eigenvalue weighted by Crippen LogP contribution is -2.50. The van der Waals surface area contributed by atoms with Gasteiger partial charge in [-0.25, -0.2) is 4.39 Å². The molecule has 1 aromatic rings. The van der Waals surface area contributed by atoms with E-state index in [4.69, 9.17) is 10.5 Å². The van der Waals surface area contributed by atoms with Crippen molar-refractivity contribution >= 4 is 11.8 Å². The molecule has 1 saturated heterocycles. The molecule has 1 fully saturated rings. The van der Waals surface area contributed by atoms with Gasteiger partial charge in [0.1, 0.15) is 0 Å². The summed E-state index contributed by atoms with van der Waals surface area (Å²) in [4.78, 5) is 26.1. The van der Waals surface area contributed by atoms with E-state index in [2.05, 4.69) is 5.32 Å². The van der Waals surface area contributed by atoms with Crippen LogP contribution < -0.4 is 15.8 Å². The Labute approximate surface area is 147 Å². The lowest BCUT2D eigenvalue weighted by atomic mass is 10.0. The number of carbonyl (C=O) groups excluding carboxylic acids is 2. The molecule has 1 heterocycles. The topological polar surface area (TPSA) is 84.7 Å². The van der Waals surface area contributed by atoms with Crippen LogP contribution in [0.3, 0.4) is 0 Å². The second kappa shape index (κ2) is 9.36. The molecule has 6 nitrogen and oxygen atoms in total. The molecule has 0 aromatic heterocycles. The first-order valence-electron chi connectivity index (χ1n) is 8.63. The first-order valence-corrected chi connectivity index (χ1v) is 8.63. The summed E-state index contributed by atoms with van der Waals surface area (Å²) in [6.45, 7) is 1.40. The van der Waals surface area contributed by atoms with E-state index in [1.54, 1.807) is 11.0 Å². The van der Waals surface area contributed by atoms with Crippen LogP contribution in [0.5, 0.6) is 5.75 Å². The van der Waals surface area contributed by atoms with E-state index in [0.29, 0.717) is 25.2 Å². The number of nitrogens with two attached hydrogens (primary N) is 1. The Morgan fingerprint density at radius 1 is 1.40 bits per heavy atom. The maximum absolute atomic E-state index is 13.8. The number of likely N-dealkylation sites (tertiary alicyclic amines) is 1. The zero-order chi connectivity index (χ0) is 18.2. The molecular weight excluding hydrogens is 325 g/mol. The van der Waals surface area contributed by atoms with Crippen molar-refractivity contribution in [3.05, 3.63) is 29.6 Å². The Morgan fingerprint density at radius 3 is 2.88 bits per heavy atom. The van der Waals surface area contributed by atoms with Gasteiger partial charge in [0.25, 0.3) is 0 Å². The number of amides is 2. The predicted octanol–water partition coefficient (Wildman–Crippen LogP) is 1.22. The molecule has 0 bridgehead atoms. The summed E-state index contributed by atoms with van der Waals surface area (Å²) in [7, 11) is 1.40. The SMILES string of the molecule is COc1ccc(CC(=O)N2CCCCC2CNC(=O)CCN)cc1F. The molecule has 25 heavy (non-hydrogen) atoms. The Balaban J connectivity index is 1.97. The quantitative estimate of drug-likeness (QED) is 0.774. The molecule has 1 aliphatic heterocycles. The molecular formula is C18H26FN3O3. The average molecular weight is 351 g/mol. The van der Waals surface area contributed by atoms with Gasteiger partial charge < -0.3 is 20.7 Å². The summed E-state index contributed by atoms with van der Waals surface area (Å²) in [6, 6.07) is 4.53. The van der Waals surface area contributed by atoms with E-state index in [0.717, 1.165) is 19.3 Å². The van der Waals surface area contributed by atoms with Crippen LogP contribution in [-0.2, 0) is 16.0 Å². The second-order valence-corrected chi connectivity index (χ2v) is 6.23. The number of carbonyl (C=O) groups is 2. The number of benzene rings is 1. The van der Waals surface area contributed by atoms with Crippen LogP contribution in [0.25, 0.3) is 0 Å². The van der Waals surface area contributed by atoms with E-state index in [-0.39, 0.29) is 36.4 Å². The van der Waals surface area contributed by atoms with Crippen LogP contribution in [0.2, 0.25) is 0 Å². The van der Waals surface area contributed by atoms with E-state index in [1.807, 2.05) is 0 Å². The lowest BCUT2D eigenvalue weighted by molar-refractivity contribution is -0.134. The van der Waals surface area contributed by atoms with Crippen molar-refractivity contribution in [3.63, 3.8) is 0 Å². The molecule has 7 heteroatoms. The highest BCUT2D eigenvalue weighted by Crippen LogP contribution is 2.21. The minimum atomic E-state index is -0.475. The van der Waals surface area contributed by atoms with Crippen LogP contribution in [0.1, 0.15) is 31.2 Å². The van der Waals surface area contributed by atoms with Crippen molar-refractivity contribution in [1.82, 2.24) is 10.2 Å².